The lowest BCUT2D eigenvalue weighted by molar-refractivity contribution is 0.284. The van der Waals surface area contributed by atoms with E-state index in [9.17, 15) is 0 Å². The van der Waals surface area contributed by atoms with E-state index in [1.807, 2.05) is 13.0 Å². The summed E-state index contributed by atoms with van der Waals surface area (Å²) in [5.41, 5.74) is 8.87. The van der Waals surface area contributed by atoms with Gasteiger partial charge < -0.3 is 16.0 Å². The number of hydrogen-bond donors (Lipinski definition) is 2. The lowest BCUT2D eigenvalue weighted by atomic mass is 10.2. The highest BCUT2D eigenvalue weighted by molar-refractivity contribution is 9.10. The zero-order chi connectivity index (χ0) is 13.0. The molecule has 1 aromatic rings. The topological polar surface area (TPSA) is 41.3 Å². The van der Waals surface area contributed by atoms with Crippen molar-refractivity contribution in [1.82, 2.24) is 4.90 Å². The minimum Gasteiger partial charge on any atom is -0.398 e. The Bertz CT molecular complexity index is 377. The van der Waals surface area contributed by atoms with Crippen molar-refractivity contribution in [1.29, 1.82) is 0 Å². The van der Waals surface area contributed by atoms with Crippen LogP contribution < -0.4 is 11.1 Å². The highest BCUT2D eigenvalue weighted by atomic mass is 79.9. The predicted octanol–water partition coefficient (Wildman–Crippen LogP) is 3.09. The van der Waals surface area contributed by atoms with Crippen molar-refractivity contribution in [2.45, 2.75) is 26.8 Å². The Hall–Kier alpha value is -0.740. The molecule has 0 saturated carbocycles. The van der Waals surface area contributed by atoms with Crippen molar-refractivity contribution in [3.63, 3.8) is 0 Å². The maximum Gasteiger partial charge on any atom is 0.0489 e. The van der Waals surface area contributed by atoms with E-state index in [0.29, 0.717) is 6.04 Å². The molecule has 0 aliphatic rings. The fraction of sp³-hybridized carbons (Fsp3) is 0.538. The summed E-state index contributed by atoms with van der Waals surface area (Å²) >= 11 is 3.52. The number of aryl methyl sites for hydroxylation is 1. The van der Waals surface area contributed by atoms with Crippen LogP contribution in [0.2, 0.25) is 0 Å². The third-order valence-corrected chi connectivity index (χ3v) is 3.67. The van der Waals surface area contributed by atoms with Gasteiger partial charge in [0.25, 0.3) is 0 Å². The van der Waals surface area contributed by atoms with Gasteiger partial charge in [-0.25, -0.2) is 0 Å². The van der Waals surface area contributed by atoms with Gasteiger partial charge in [0, 0.05) is 35.0 Å². The Morgan fingerprint density at radius 3 is 2.65 bits per heavy atom. The quantitative estimate of drug-likeness (QED) is 0.821. The predicted molar refractivity (Wildman–Crippen MR) is 79.5 cm³/mol. The van der Waals surface area contributed by atoms with Gasteiger partial charge in [-0.15, -0.1) is 0 Å². The molecule has 0 unspecified atom stereocenters. The summed E-state index contributed by atoms with van der Waals surface area (Å²) in [6.45, 7) is 8.37. The summed E-state index contributed by atoms with van der Waals surface area (Å²) in [6, 6.07) is 4.60. The van der Waals surface area contributed by atoms with Gasteiger partial charge in [-0.3, -0.25) is 0 Å². The van der Waals surface area contributed by atoms with E-state index in [4.69, 9.17) is 5.73 Å². The summed E-state index contributed by atoms with van der Waals surface area (Å²) in [4.78, 5) is 2.31. The largest absolute Gasteiger partial charge is 0.398 e. The van der Waals surface area contributed by atoms with Crippen LogP contribution in [0.4, 0.5) is 11.4 Å². The van der Waals surface area contributed by atoms with E-state index in [1.54, 1.807) is 0 Å². The lowest BCUT2D eigenvalue weighted by Gasteiger charge is -2.21. The molecule has 0 aliphatic heterocycles. The number of nitrogen functional groups attached to an aromatic ring is 1. The Labute approximate surface area is 113 Å². The molecule has 0 fully saturated rings. The molecule has 4 heteroatoms. The summed E-state index contributed by atoms with van der Waals surface area (Å²) in [7, 11) is 2.13. The molecule has 0 radical (unpaired) electrons. The molecule has 1 aromatic carbocycles. The molecule has 1 rings (SSSR count). The second-order valence-corrected chi connectivity index (χ2v) is 5.54. The monoisotopic (exact) mass is 299 g/mol. The average Bonchev–Trinajstić information content (AvgIpc) is 2.25. The summed E-state index contributed by atoms with van der Waals surface area (Å²) in [6.07, 6.45) is 0. The SMILES string of the molecule is Cc1cc(NCCN(C)C(C)C)c(Br)cc1N. The molecule has 0 spiro atoms. The first-order valence-electron chi connectivity index (χ1n) is 5.91. The van der Waals surface area contributed by atoms with E-state index in [1.165, 1.54) is 0 Å². The van der Waals surface area contributed by atoms with Gasteiger partial charge in [-0.2, -0.15) is 0 Å². The van der Waals surface area contributed by atoms with Crippen LogP contribution in [-0.2, 0) is 0 Å². The number of anilines is 2. The van der Waals surface area contributed by atoms with E-state index in [-0.39, 0.29) is 0 Å². The van der Waals surface area contributed by atoms with Gasteiger partial charge >= 0.3 is 0 Å². The fourth-order valence-electron chi connectivity index (χ4n) is 1.46. The van der Waals surface area contributed by atoms with Crippen molar-refractivity contribution in [2.24, 2.45) is 0 Å². The highest BCUT2D eigenvalue weighted by Crippen LogP contribution is 2.27. The lowest BCUT2D eigenvalue weighted by Crippen LogP contribution is -2.31. The average molecular weight is 300 g/mol. The number of halogens is 1. The van der Waals surface area contributed by atoms with Crippen molar-refractivity contribution in [3.05, 3.63) is 22.2 Å². The molecule has 17 heavy (non-hydrogen) atoms. The Morgan fingerprint density at radius 1 is 1.41 bits per heavy atom. The number of likely N-dealkylation sites (N-methyl/N-ethyl adjacent to an activating group) is 1. The second-order valence-electron chi connectivity index (χ2n) is 4.69. The molecule has 0 heterocycles. The molecule has 3 N–H and O–H groups in total. The Kier molecular flexibility index (Phi) is 5.28. The summed E-state index contributed by atoms with van der Waals surface area (Å²) < 4.78 is 1.02. The number of nitrogens with one attached hydrogen (secondary N) is 1. The highest BCUT2D eigenvalue weighted by Gasteiger charge is 2.05. The number of hydrogen-bond acceptors (Lipinski definition) is 3. The molecule has 0 atom stereocenters. The second kappa shape index (κ2) is 6.26. The van der Waals surface area contributed by atoms with Crippen molar-refractivity contribution in [3.8, 4) is 0 Å². The normalized spacial score (nSPS) is 11.2. The van der Waals surface area contributed by atoms with Crippen molar-refractivity contribution < 1.29 is 0 Å². The van der Waals surface area contributed by atoms with Crippen LogP contribution in [0.25, 0.3) is 0 Å². The van der Waals surface area contributed by atoms with Crippen LogP contribution in [0.15, 0.2) is 16.6 Å². The van der Waals surface area contributed by atoms with Crippen LogP contribution in [0.5, 0.6) is 0 Å². The molecular formula is C13H22BrN3. The van der Waals surface area contributed by atoms with Crippen LogP contribution >= 0.6 is 15.9 Å². The molecular weight excluding hydrogens is 278 g/mol. The van der Waals surface area contributed by atoms with Gasteiger partial charge in [-0.1, -0.05) is 0 Å². The first-order chi connectivity index (χ1) is 7.91. The van der Waals surface area contributed by atoms with E-state index >= 15 is 0 Å². The molecule has 0 aromatic heterocycles. The van der Waals surface area contributed by atoms with Gasteiger partial charge in [0.2, 0.25) is 0 Å². The zero-order valence-corrected chi connectivity index (χ0v) is 12.6. The van der Waals surface area contributed by atoms with E-state index < -0.39 is 0 Å². The van der Waals surface area contributed by atoms with Gasteiger partial charge in [0.05, 0.1) is 0 Å². The van der Waals surface area contributed by atoms with Crippen LogP contribution in [0.3, 0.4) is 0 Å². The van der Waals surface area contributed by atoms with Crippen molar-refractivity contribution >= 4 is 27.3 Å². The molecule has 0 saturated heterocycles. The van der Waals surface area contributed by atoms with Crippen LogP contribution in [0.1, 0.15) is 19.4 Å². The molecule has 0 aliphatic carbocycles. The fourth-order valence-corrected chi connectivity index (χ4v) is 1.96. The van der Waals surface area contributed by atoms with E-state index in [0.717, 1.165) is 34.5 Å². The third-order valence-electron chi connectivity index (χ3n) is 3.02. The van der Waals surface area contributed by atoms with Gasteiger partial charge in [0.15, 0.2) is 0 Å². The van der Waals surface area contributed by atoms with Gasteiger partial charge in [-0.05, 0) is 61.4 Å². The molecule has 0 bridgehead atoms. The molecule has 96 valence electrons. The maximum atomic E-state index is 5.84. The maximum absolute atomic E-state index is 5.84. The van der Waals surface area contributed by atoms with Crippen LogP contribution in [-0.4, -0.2) is 31.1 Å². The third kappa shape index (κ3) is 4.21. The standard InChI is InChI=1S/C13H22BrN3/c1-9(2)17(4)6-5-16-13-7-10(3)12(15)8-11(13)14/h7-9,16H,5-6,15H2,1-4H3. The minimum atomic E-state index is 0.577. The van der Waals surface area contributed by atoms with Gasteiger partial charge in [0.1, 0.15) is 0 Å². The zero-order valence-electron chi connectivity index (χ0n) is 11.0. The summed E-state index contributed by atoms with van der Waals surface area (Å²) in [5, 5.41) is 3.42. The Balaban J connectivity index is 2.55. The summed E-state index contributed by atoms with van der Waals surface area (Å²) in [5.74, 6) is 0. The van der Waals surface area contributed by atoms with E-state index in [2.05, 4.69) is 53.1 Å². The van der Waals surface area contributed by atoms with Crippen LogP contribution in [0, 0.1) is 6.92 Å². The minimum absolute atomic E-state index is 0.577. The smallest absolute Gasteiger partial charge is 0.0489 e. The first kappa shape index (κ1) is 14.3. The Morgan fingerprint density at radius 2 is 2.06 bits per heavy atom. The number of nitrogens with two attached hydrogens (primary N) is 1. The number of benzene rings is 1. The molecule has 3 nitrogen and oxygen atoms in total. The van der Waals surface area contributed by atoms with Crippen molar-refractivity contribution in [2.75, 3.05) is 31.2 Å². The number of rotatable bonds is 5. The number of nitrogens with zero attached hydrogens (tertiary/aromatic N) is 1. The molecule has 0 amide bonds. The first-order valence-corrected chi connectivity index (χ1v) is 6.71.